The Morgan fingerprint density at radius 1 is 1.11 bits per heavy atom. The molecular weight excluding hydrogens is 369 g/mol. The molecule has 0 saturated carbocycles. The van der Waals surface area contributed by atoms with E-state index in [-0.39, 0.29) is 30.7 Å². The van der Waals surface area contributed by atoms with Crippen molar-refractivity contribution in [3.63, 3.8) is 0 Å². The van der Waals surface area contributed by atoms with E-state index in [1.165, 1.54) is 12.1 Å². The normalized spacial score (nSPS) is 16.7. The van der Waals surface area contributed by atoms with Crippen molar-refractivity contribution in [2.45, 2.75) is 31.0 Å². The average Bonchev–Trinajstić information content (AvgIpc) is 2.67. The maximum Gasteiger partial charge on any atom is 0.416 e. The van der Waals surface area contributed by atoms with Crippen LogP contribution in [0.5, 0.6) is 0 Å². The highest BCUT2D eigenvalue weighted by molar-refractivity contribution is 5.94. The molecule has 1 fully saturated rings. The molecule has 0 atom stereocenters. The van der Waals surface area contributed by atoms with E-state index in [4.69, 9.17) is 0 Å². The van der Waals surface area contributed by atoms with Gasteiger partial charge in [0.15, 0.2) is 0 Å². The molecule has 2 N–H and O–H groups in total. The molecule has 1 heterocycles. The monoisotopic (exact) mass is 392 g/mol. The van der Waals surface area contributed by atoms with Gasteiger partial charge in [-0.3, -0.25) is 4.79 Å². The zero-order valence-corrected chi connectivity index (χ0v) is 15.6. The lowest BCUT2D eigenvalue weighted by Crippen LogP contribution is -2.48. The third kappa shape index (κ3) is 4.47. The van der Waals surface area contributed by atoms with Gasteiger partial charge in [-0.15, -0.1) is 0 Å². The predicted octanol–water partition coefficient (Wildman–Crippen LogP) is 3.96. The minimum atomic E-state index is -4.46. The minimum Gasteiger partial charge on any atom is -0.389 e. The van der Waals surface area contributed by atoms with Crippen LogP contribution in [0.2, 0.25) is 0 Å². The third-order valence-electron chi connectivity index (χ3n) is 5.24. The van der Waals surface area contributed by atoms with Gasteiger partial charge in [-0.1, -0.05) is 18.2 Å². The fraction of sp³-hybridized carbons (Fsp3) is 0.381. The van der Waals surface area contributed by atoms with Crippen molar-refractivity contribution >= 4 is 11.6 Å². The van der Waals surface area contributed by atoms with E-state index in [1.807, 2.05) is 12.1 Å². The number of amides is 1. The van der Waals surface area contributed by atoms with E-state index in [9.17, 15) is 23.1 Å². The lowest BCUT2D eigenvalue weighted by Gasteiger charge is -2.38. The van der Waals surface area contributed by atoms with Crippen LogP contribution in [-0.4, -0.2) is 41.7 Å². The van der Waals surface area contributed by atoms with Crippen LogP contribution in [0.4, 0.5) is 18.9 Å². The van der Waals surface area contributed by atoms with E-state index in [2.05, 4.69) is 5.32 Å². The number of benzene rings is 2. The van der Waals surface area contributed by atoms with Gasteiger partial charge < -0.3 is 15.3 Å². The zero-order chi connectivity index (χ0) is 20.4. The van der Waals surface area contributed by atoms with Crippen LogP contribution in [0.25, 0.3) is 0 Å². The van der Waals surface area contributed by atoms with E-state index in [0.717, 1.165) is 11.8 Å². The number of likely N-dealkylation sites (tertiary alicyclic amines) is 1. The zero-order valence-electron chi connectivity index (χ0n) is 15.6. The Kier molecular flexibility index (Phi) is 5.65. The first-order chi connectivity index (χ1) is 13.2. The fourth-order valence-corrected chi connectivity index (χ4v) is 3.57. The molecule has 28 heavy (non-hydrogen) atoms. The number of anilines is 1. The molecule has 0 aromatic heterocycles. The van der Waals surface area contributed by atoms with Crippen LogP contribution < -0.4 is 5.32 Å². The number of carbonyl (C=O) groups is 1. The molecule has 0 bridgehead atoms. The first-order valence-corrected chi connectivity index (χ1v) is 9.16. The summed E-state index contributed by atoms with van der Waals surface area (Å²) in [6.45, 7) is 0.606. The largest absolute Gasteiger partial charge is 0.416 e. The Morgan fingerprint density at radius 2 is 1.71 bits per heavy atom. The summed E-state index contributed by atoms with van der Waals surface area (Å²) in [6, 6.07) is 12.4. The summed E-state index contributed by atoms with van der Waals surface area (Å²) in [6.07, 6.45) is -4.07. The van der Waals surface area contributed by atoms with Gasteiger partial charge in [0.1, 0.15) is 0 Å². The summed E-state index contributed by atoms with van der Waals surface area (Å²) in [7, 11) is 1.79. The number of hydrogen-bond acceptors (Lipinski definition) is 3. The number of nitrogens with zero attached hydrogens (tertiary/aromatic N) is 1. The molecule has 1 amide bonds. The first-order valence-electron chi connectivity index (χ1n) is 9.16. The molecule has 1 saturated heterocycles. The summed E-state index contributed by atoms with van der Waals surface area (Å²) in [5.74, 6) is -0.139. The second-order valence-corrected chi connectivity index (χ2v) is 7.18. The lowest BCUT2D eigenvalue weighted by atomic mass is 9.83. The second-order valence-electron chi connectivity index (χ2n) is 7.18. The molecule has 4 nitrogen and oxygen atoms in total. The molecule has 0 unspecified atom stereocenters. The summed E-state index contributed by atoms with van der Waals surface area (Å²) in [5, 5.41) is 13.8. The summed E-state index contributed by atoms with van der Waals surface area (Å²) in [5.41, 5.74) is -0.444. The first kappa shape index (κ1) is 20.2. The van der Waals surface area contributed by atoms with Crippen LogP contribution in [0.15, 0.2) is 48.5 Å². The van der Waals surface area contributed by atoms with Crippen LogP contribution in [0.3, 0.4) is 0 Å². The van der Waals surface area contributed by atoms with Crippen molar-refractivity contribution in [2.75, 3.05) is 25.5 Å². The number of halogens is 3. The molecule has 0 aliphatic carbocycles. The van der Waals surface area contributed by atoms with E-state index in [1.54, 1.807) is 30.1 Å². The summed E-state index contributed by atoms with van der Waals surface area (Å²) < 4.78 is 39.6. The Morgan fingerprint density at radius 3 is 2.29 bits per heavy atom. The van der Waals surface area contributed by atoms with Crippen LogP contribution >= 0.6 is 0 Å². The Hall–Kier alpha value is -2.54. The van der Waals surface area contributed by atoms with E-state index in [0.29, 0.717) is 18.7 Å². The van der Waals surface area contributed by atoms with E-state index >= 15 is 0 Å². The SMILES string of the molecule is CNc1ccc(C(=O)N2CCC(O)(Cc3ccccc3C(F)(F)F)CC2)cc1. The van der Waals surface area contributed by atoms with Crippen molar-refractivity contribution in [1.82, 2.24) is 4.90 Å². The quantitative estimate of drug-likeness (QED) is 0.828. The van der Waals surface area contributed by atoms with Crippen LogP contribution in [0.1, 0.15) is 34.3 Å². The molecule has 1 aliphatic heterocycles. The van der Waals surface area contributed by atoms with E-state index < -0.39 is 17.3 Å². The Bertz CT molecular complexity index is 826. The molecule has 1 aliphatic rings. The Labute approximate surface area is 162 Å². The van der Waals surface area contributed by atoms with Crippen LogP contribution in [-0.2, 0) is 12.6 Å². The van der Waals surface area contributed by atoms with Crippen molar-refractivity contribution in [1.29, 1.82) is 0 Å². The van der Waals surface area contributed by atoms with Gasteiger partial charge >= 0.3 is 6.18 Å². The number of rotatable bonds is 4. The standard InChI is InChI=1S/C21H23F3N2O2/c1-25-17-8-6-15(7-9-17)19(27)26-12-10-20(28,11-13-26)14-16-4-2-3-5-18(16)21(22,23)24/h2-9,25,28H,10-14H2,1H3. The molecule has 7 heteroatoms. The fourth-order valence-electron chi connectivity index (χ4n) is 3.57. The van der Waals surface area contributed by atoms with Gasteiger partial charge in [-0.2, -0.15) is 13.2 Å². The van der Waals surface area contributed by atoms with Gasteiger partial charge in [0.2, 0.25) is 0 Å². The van der Waals surface area contributed by atoms with Crippen molar-refractivity contribution in [3.8, 4) is 0 Å². The molecule has 3 rings (SSSR count). The minimum absolute atomic E-state index is 0.0818. The topological polar surface area (TPSA) is 52.6 Å². The number of nitrogens with one attached hydrogen (secondary N) is 1. The smallest absolute Gasteiger partial charge is 0.389 e. The van der Waals surface area contributed by atoms with Gasteiger partial charge in [0.25, 0.3) is 5.91 Å². The van der Waals surface area contributed by atoms with Gasteiger partial charge in [0, 0.05) is 37.8 Å². The molecule has 2 aromatic carbocycles. The number of aliphatic hydroxyl groups is 1. The van der Waals surface area contributed by atoms with Gasteiger partial charge in [-0.05, 0) is 48.7 Å². The number of carbonyl (C=O) groups excluding carboxylic acids is 1. The van der Waals surface area contributed by atoms with Gasteiger partial charge in [0.05, 0.1) is 11.2 Å². The molecular formula is C21H23F3N2O2. The Balaban J connectivity index is 1.66. The highest BCUT2D eigenvalue weighted by Crippen LogP contribution is 2.35. The van der Waals surface area contributed by atoms with Crippen molar-refractivity contribution in [2.24, 2.45) is 0 Å². The third-order valence-corrected chi connectivity index (χ3v) is 5.24. The summed E-state index contributed by atoms with van der Waals surface area (Å²) in [4.78, 5) is 14.3. The molecule has 0 spiro atoms. The number of hydrogen-bond donors (Lipinski definition) is 2. The maximum absolute atomic E-state index is 13.2. The highest BCUT2D eigenvalue weighted by Gasteiger charge is 2.38. The number of piperidine rings is 1. The predicted molar refractivity (Wildman–Crippen MR) is 101 cm³/mol. The molecule has 0 radical (unpaired) electrons. The second kappa shape index (κ2) is 7.83. The summed E-state index contributed by atoms with van der Waals surface area (Å²) >= 11 is 0. The van der Waals surface area contributed by atoms with Crippen LogP contribution in [0, 0.1) is 0 Å². The molecule has 150 valence electrons. The average molecular weight is 392 g/mol. The highest BCUT2D eigenvalue weighted by atomic mass is 19.4. The van der Waals surface area contributed by atoms with Gasteiger partial charge in [-0.25, -0.2) is 0 Å². The lowest BCUT2D eigenvalue weighted by molar-refractivity contribution is -0.138. The van der Waals surface area contributed by atoms with Crippen molar-refractivity contribution < 1.29 is 23.1 Å². The maximum atomic E-state index is 13.2. The van der Waals surface area contributed by atoms with Crippen molar-refractivity contribution in [3.05, 3.63) is 65.2 Å². The molecule has 2 aromatic rings. The number of alkyl halides is 3.